The molecule has 170 valence electrons. The molecule has 3 rings (SSSR count). The van der Waals surface area contributed by atoms with Crippen LogP contribution in [-0.2, 0) is 0 Å². The smallest absolute Gasteiger partial charge is 0.426 e. The number of hydrogen-bond donors (Lipinski definition) is 0. The van der Waals surface area contributed by atoms with Gasteiger partial charge in [0, 0.05) is 0 Å². The molecule has 0 amide bonds. The first-order valence-electron chi connectivity index (χ1n) is 11.4. The normalized spacial score (nSPS) is 28.3. The second-order valence-electron chi connectivity index (χ2n) is 9.28. The van der Waals surface area contributed by atoms with Crippen molar-refractivity contribution in [2.45, 2.75) is 95.8 Å². The van der Waals surface area contributed by atoms with E-state index in [1.807, 2.05) is 0 Å². The van der Waals surface area contributed by atoms with Crippen LogP contribution in [0.2, 0.25) is 0 Å². The Morgan fingerprint density at radius 2 is 1.20 bits per heavy atom. The van der Waals surface area contributed by atoms with E-state index in [1.54, 1.807) is 12.1 Å². The van der Waals surface area contributed by atoms with Gasteiger partial charge in [0.15, 0.2) is 0 Å². The average Bonchev–Trinajstić information content (AvgIpc) is 2.72. The van der Waals surface area contributed by atoms with Crippen LogP contribution in [0.1, 0.15) is 89.0 Å². The van der Waals surface area contributed by atoms with Crippen LogP contribution in [-0.4, -0.2) is 12.3 Å². The minimum absolute atomic E-state index is 0.346. The number of hydrogen-bond acceptors (Lipinski definition) is 1. The van der Waals surface area contributed by atoms with Crippen molar-refractivity contribution in [2.24, 2.45) is 17.8 Å². The molecule has 1 aromatic rings. The Labute approximate surface area is 176 Å². The quantitative estimate of drug-likeness (QED) is 0.393. The minimum atomic E-state index is -5.72. The summed E-state index contributed by atoms with van der Waals surface area (Å²) in [5, 5.41) is 0. The van der Waals surface area contributed by atoms with Crippen molar-refractivity contribution in [1.29, 1.82) is 0 Å². The highest BCUT2D eigenvalue weighted by molar-refractivity contribution is 5.30. The second kappa shape index (κ2) is 9.86. The van der Waals surface area contributed by atoms with Gasteiger partial charge in [0.05, 0.1) is 0 Å². The third kappa shape index (κ3) is 6.10. The standard InChI is InChI=1S/C24H33F5O/c1-2-17-3-5-18(6-4-17)7-8-19-9-11-20(12-10-19)21-13-15-22(16-14-21)30-24(28,29)23(25,26)27/h13-20H,2-12H2,1H3. The first kappa shape index (κ1) is 23.3. The molecule has 0 aromatic heterocycles. The highest BCUT2D eigenvalue weighted by atomic mass is 19.4. The van der Waals surface area contributed by atoms with E-state index in [0.29, 0.717) is 5.92 Å². The molecule has 6 heteroatoms. The van der Waals surface area contributed by atoms with Gasteiger partial charge in [-0.3, -0.25) is 0 Å². The Kier molecular flexibility index (Phi) is 7.67. The molecule has 2 fully saturated rings. The molecule has 1 nitrogen and oxygen atoms in total. The van der Waals surface area contributed by atoms with Crippen LogP contribution in [0.5, 0.6) is 5.75 Å². The van der Waals surface area contributed by atoms with E-state index in [-0.39, 0.29) is 0 Å². The van der Waals surface area contributed by atoms with E-state index >= 15 is 0 Å². The van der Waals surface area contributed by atoms with E-state index in [1.165, 1.54) is 69.9 Å². The fraction of sp³-hybridized carbons (Fsp3) is 0.750. The first-order valence-corrected chi connectivity index (χ1v) is 11.4. The highest BCUT2D eigenvalue weighted by Gasteiger charge is 2.61. The number of rotatable bonds is 7. The van der Waals surface area contributed by atoms with Gasteiger partial charge in [0.2, 0.25) is 0 Å². The lowest BCUT2D eigenvalue weighted by Crippen LogP contribution is -2.41. The van der Waals surface area contributed by atoms with Crippen molar-refractivity contribution in [1.82, 2.24) is 0 Å². The zero-order chi connectivity index (χ0) is 21.8. The predicted molar refractivity (Wildman–Crippen MR) is 108 cm³/mol. The summed E-state index contributed by atoms with van der Waals surface area (Å²) in [6.07, 6.45) is 3.03. The lowest BCUT2D eigenvalue weighted by molar-refractivity contribution is -0.360. The lowest BCUT2D eigenvalue weighted by Gasteiger charge is -2.32. The zero-order valence-electron chi connectivity index (χ0n) is 17.7. The Balaban J connectivity index is 1.42. The van der Waals surface area contributed by atoms with E-state index in [9.17, 15) is 22.0 Å². The molecule has 2 aliphatic carbocycles. The maximum Gasteiger partial charge on any atom is 0.499 e. The molecule has 0 N–H and O–H groups in total. The molecule has 1 aromatic carbocycles. The summed E-state index contributed by atoms with van der Waals surface area (Å²) in [6, 6.07) is 5.68. The second-order valence-corrected chi connectivity index (χ2v) is 9.28. The average molecular weight is 433 g/mol. The molecule has 0 saturated heterocycles. The topological polar surface area (TPSA) is 9.23 Å². The predicted octanol–water partition coefficient (Wildman–Crippen LogP) is 8.49. The number of alkyl halides is 5. The van der Waals surface area contributed by atoms with Crippen molar-refractivity contribution < 1.29 is 26.7 Å². The SMILES string of the molecule is CCC1CCC(CCC2CCC(c3ccc(OC(F)(F)C(F)(F)F)cc3)CC2)CC1. The maximum atomic E-state index is 13.0. The monoisotopic (exact) mass is 432 g/mol. The summed E-state index contributed by atoms with van der Waals surface area (Å²) in [5.41, 5.74) is 0.994. The highest BCUT2D eigenvalue weighted by Crippen LogP contribution is 2.41. The minimum Gasteiger partial charge on any atom is -0.426 e. The molecule has 0 bridgehead atoms. The van der Waals surface area contributed by atoms with Gasteiger partial charge in [-0.2, -0.15) is 22.0 Å². The van der Waals surface area contributed by atoms with Crippen LogP contribution in [0.4, 0.5) is 22.0 Å². The van der Waals surface area contributed by atoms with Crippen molar-refractivity contribution in [3.8, 4) is 5.75 Å². The van der Waals surface area contributed by atoms with Gasteiger partial charge >= 0.3 is 12.3 Å². The van der Waals surface area contributed by atoms with Crippen LogP contribution < -0.4 is 4.74 Å². The fourth-order valence-corrected chi connectivity index (χ4v) is 5.20. The molecule has 2 aliphatic rings. The van der Waals surface area contributed by atoms with Crippen LogP contribution in [0.3, 0.4) is 0 Å². The largest absolute Gasteiger partial charge is 0.499 e. The molecular formula is C24H33F5O. The maximum absolute atomic E-state index is 13.0. The molecule has 2 saturated carbocycles. The molecule has 0 aliphatic heterocycles. The third-order valence-corrected chi connectivity index (χ3v) is 7.30. The van der Waals surface area contributed by atoms with Gasteiger partial charge in [0.25, 0.3) is 0 Å². The van der Waals surface area contributed by atoms with E-state index in [2.05, 4.69) is 11.7 Å². The summed E-state index contributed by atoms with van der Waals surface area (Å²) in [6.45, 7) is 2.29. The van der Waals surface area contributed by atoms with Gasteiger partial charge < -0.3 is 4.74 Å². The fourth-order valence-electron chi connectivity index (χ4n) is 5.20. The number of benzene rings is 1. The van der Waals surface area contributed by atoms with Crippen molar-refractivity contribution >= 4 is 0 Å². The molecule has 0 atom stereocenters. The van der Waals surface area contributed by atoms with E-state index < -0.39 is 18.0 Å². The summed E-state index contributed by atoms with van der Waals surface area (Å²) in [4.78, 5) is 0. The Bertz CT molecular complexity index is 639. The molecule has 0 heterocycles. The Morgan fingerprint density at radius 3 is 1.67 bits per heavy atom. The van der Waals surface area contributed by atoms with Gasteiger partial charge in [-0.1, -0.05) is 64.0 Å². The Hall–Kier alpha value is -1.33. The first-order chi connectivity index (χ1) is 14.2. The molecule has 0 spiro atoms. The third-order valence-electron chi connectivity index (χ3n) is 7.30. The number of halogens is 5. The summed E-state index contributed by atoms with van der Waals surface area (Å²) >= 11 is 0. The summed E-state index contributed by atoms with van der Waals surface area (Å²) in [7, 11) is 0. The van der Waals surface area contributed by atoms with Gasteiger partial charge in [0.1, 0.15) is 5.75 Å². The molecule has 0 radical (unpaired) electrons. The van der Waals surface area contributed by atoms with Gasteiger partial charge in [-0.05, 0) is 67.1 Å². The molecular weight excluding hydrogens is 399 g/mol. The van der Waals surface area contributed by atoms with Gasteiger partial charge in [-0.25, -0.2) is 0 Å². The van der Waals surface area contributed by atoms with Gasteiger partial charge in [-0.15, -0.1) is 0 Å². The van der Waals surface area contributed by atoms with Crippen LogP contribution in [0.15, 0.2) is 24.3 Å². The van der Waals surface area contributed by atoms with Crippen molar-refractivity contribution in [2.75, 3.05) is 0 Å². The van der Waals surface area contributed by atoms with Crippen LogP contribution >= 0.6 is 0 Å². The summed E-state index contributed by atoms with van der Waals surface area (Å²) in [5.74, 6) is 2.48. The van der Waals surface area contributed by atoms with Crippen molar-refractivity contribution in [3.05, 3.63) is 29.8 Å². The zero-order valence-corrected chi connectivity index (χ0v) is 17.7. The van der Waals surface area contributed by atoms with Crippen LogP contribution in [0.25, 0.3) is 0 Å². The van der Waals surface area contributed by atoms with E-state index in [0.717, 1.165) is 36.2 Å². The summed E-state index contributed by atoms with van der Waals surface area (Å²) < 4.78 is 66.7. The van der Waals surface area contributed by atoms with Crippen LogP contribution in [0, 0.1) is 17.8 Å². The number of ether oxygens (including phenoxy) is 1. The Morgan fingerprint density at radius 1 is 0.733 bits per heavy atom. The lowest BCUT2D eigenvalue weighted by atomic mass is 9.74. The molecule has 0 unspecified atom stereocenters. The molecule has 30 heavy (non-hydrogen) atoms. The van der Waals surface area contributed by atoms with Crippen molar-refractivity contribution in [3.63, 3.8) is 0 Å². The van der Waals surface area contributed by atoms with E-state index in [4.69, 9.17) is 0 Å².